The van der Waals surface area contributed by atoms with Crippen LogP contribution in [0.2, 0.25) is 4.34 Å². The van der Waals surface area contributed by atoms with E-state index in [1.165, 1.54) is 4.88 Å². The summed E-state index contributed by atoms with van der Waals surface area (Å²) in [6.07, 6.45) is 1.29. The first kappa shape index (κ1) is 20.6. The van der Waals surface area contributed by atoms with Crippen LogP contribution >= 0.6 is 22.9 Å². The molecule has 0 bridgehead atoms. The minimum absolute atomic E-state index is 0.389. The molecule has 1 heterocycles. The number of halogens is 1. The van der Waals surface area contributed by atoms with Crippen molar-refractivity contribution >= 4 is 35.0 Å². The van der Waals surface area contributed by atoms with E-state index < -0.39 is 5.60 Å². The molecule has 0 aliphatic rings. The van der Waals surface area contributed by atoms with Crippen LogP contribution < -0.4 is 16.0 Å². The van der Waals surface area contributed by atoms with Crippen LogP contribution in [0.25, 0.3) is 0 Å². The van der Waals surface area contributed by atoms with Crippen molar-refractivity contribution in [1.82, 2.24) is 16.0 Å². The average molecular weight is 375 g/mol. The largest absolute Gasteiger partial charge is 0.444 e. The minimum Gasteiger partial charge on any atom is -0.444 e. The third-order valence-corrected chi connectivity index (χ3v) is 4.12. The molecule has 0 aliphatic heterocycles. The maximum Gasteiger partial charge on any atom is 0.407 e. The number of hydrogen-bond acceptors (Lipinski definition) is 4. The molecule has 0 aliphatic carbocycles. The van der Waals surface area contributed by atoms with Gasteiger partial charge >= 0.3 is 6.09 Å². The number of carbonyl (C=O) groups excluding carboxylic acids is 1. The Kier molecular flexibility index (Phi) is 8.92. The van der Waals surface area contributed by atoms with Gasteiger partial charge in [-0.1, -0.05) is 11.6 Å². The molecule has 0 radical (unpaired) electrons. The molecule has 0 aromatic carbocycles. The molecule has 0 unspecified atom stereocenters. The molecule has 0 saturated heterocycles. The fourth-order valence-electron chi connectivity index (χ4n) is 1.81. The molecule has 1 aromatic heterocycles. The van der Waals surface area contributed by atoms with Crippen molar-refractivity contribution in [2.45, 2.75) is 39.2 Å². The highest BCUT2D eigenvalue weighted by atomic mass is 35.5. The first-order chi connectivity index (χ1) is 11.3. The number of alkyl carbamates (subject to hydrolysis) is 1. The quantitative estimate of drug-likeness (QED) is 0.389. The first-order valence-electron chi connectivity index (χ1n) is 7.96. The third-order valence-electron chi connectivity index (χ3n) is 2.83. The fraction of sp³-hybridized carbons (Fsp3) is 0.625. The number of thiophene rings is 1. The van der Waals surface area contributed by atoms with Crippen LogP contribution in [0.3, 0.4) is 0 Å². The number of nitrogens with zero attached hydrogens (tertiary/aromatic N) is 1. The lowest BCUT2D eigenvalue weighted by molar-refractivity contribution is 0.0527. The standard InChI is InChI=1S/C16H27ClN4O2S/c1-16(2,3)23-15(22)21-10-5-9-19-14(18-4)20-11-8-12-6-7-13(17)24-12/h6-7H,5,8-11H2,1-4H3,(H,21,22)(H2,18,19,20). The van der Waals surface area contributed by atoms with Gasteiger partial charge in [-0.2, -0.15) is 0 Å². The number of carbonyl (C=O) groups is 1. The van der Waals surface area contributed by atoms with Gasteiger partial charge in [-0.25, -0.2) is 4.79 Å². The number of ether oxygens (including phenoxy) is 1. The Hall–Kier alpha value is -1.47. The van der Waals surface area contributed by atoms with Gasteiger partial charge in [-0.15, -0.1) is 11.3 Å². The SMILES string of the molecule is CN=C(NCCCNC(=O)OC(C)(C)C)NCCc1ccc(Cl)s1. The van der Waals surface area contributed by atoms with Gasteiger partial charge in [-0.05, 0) is 45.7 Å². The van der Waals surface area contributed by atoms with Gasteiger partial charge in [0.15, 0.2) is 5.96 Å². The summed E-state index contributed by atoms with van der Waals surface area (Å²) in [6.45, 7) is 7.56. The van der Waals surface area contributed by atoms with Crippen LogP contribution in [0.15, 0.2) is 17.1 Å². The van der Waals surface area contributed by atoms with E-state index in [2.05, 4.69) is 20.9 Å². The third kappa shape index (κ3) is 9.62. The summed E-state index contributed by atoms with van der Waals surface area (Å²) >= 11 is 7.50. The smallest absolute Gasteiger partial charge is 0.407 e. The summed E-state index contributed by atoms with van der Waals surface area (Å²) in [5.41, 5.74) is -0.471. The monoisotopic (exact) mass is 374 g/mol. The summed E-state index contributed by atoms with van der Waals surface area (Å²) < 4.78 is 5.98. The van der Waals surface area contributed by atoms with E-state index in [9.17, 15) is 4.79 Å². The molecule has 0 saturated carbocycles. The Morgan fingerprint density at radius 2 is 1.88 bits per heavy atom. The molecule has 0 atom stereocenters. The van der Waals surface area contributed by atoms with Crippen molar-refractivity contribution < 1.29 is 9.53 Å². The number of amides is 1. The number of rotatable bonds is 7. The predicted octanol–water partition coefficient (Wildman–Crippen LogP) is 3.02. The second-order valence-electron chi connectivity index (χ2n) is 6.16. The molecule has 1 rings (SSSR count). The number of nitrogens with one attached hydrogen (secondary N) is 3. The van der Waals surface area contributed by atoms with Crippen molar-refractivity contribution in [2.24, 2.45) is 4.99 Å². The van der Waals surface area contributed by atoms with Crippen LogP contribution in [0.1, 0.15) is 32.1 Å². The van der Waals surface area contributed by atoms with Gasteiger partial charge in [0, 0.05) is 31.6 Å². The molecule has 0 fully saturated rings. The maximum absolute atomic E-state index is 11.5. The zero-order valence-corrected chi connectivity index (χ0v) is 16.3. The predicted molar refractivity (Wildman–Crippen MR) is 101 cm³/mol. The molecule has 6 nitrogen and oxygen atoms in total. The van der Waals surface area contributed by atoms with Gasteiger partial charge in [-0.3, -0.25) is 4.99 Å². The van der Waals surface area contributed by atoms with Gasteiger partial charge in [0.25, 0.3) is 0 Å². The lowest BCUT2D eigenvalue weighted by atomic mass is 10.2. The topological polar surface area (TPSA) is 74.8 Å². The van der Waals surface area contributed by atoms with E-state index in [1.54, 1.807) is 18.4 Å². The maximum atomic E-state index is 11.5. The molecule has 1 amide bonds. The van der Waals surface area contributed by atoms with Crippen LogP contribution in [0.5, 0.6) is 0 Å². The van der Waals surface area contributed by atoms with Crippen LogP contribution in [0.4, 0.5) is 4.79 Å². The number of guanidine groups is 1. The van der Waals surface area contributed by atoms with Crippen LogP contribution in [-0.4, -0.2) is 44.3 Å². The van der Waals surface area contributed by atoms with Gasteiger partial charge in [0.05, 0.1) is 4.34 Å². The van der Waals surface area contributed by atoms with Crippen molar-refractivity contribution in [1.29, 1.82) is 0 Å². The Morgan fingerprint density at radius 3 is 2.46 bits per heavy atom. The van der Waals surface area contributed by atoms with Gasteiger partial charge < -0.3 is 20.7 Å². The number of hydrogen-bond donors (Lipinski definition) is 3. The summed E-state index contributed by atoms with van der Waals surface area (Å²) in [5, 5.41) is 9.18. The van der Waals surface area contributed by atoms with E-state index in [0.717, 1.165) is 29.7 Å². The Bertz CT molecular complexity index is 540. The van der Waals surface area contributed by atoms with Crippen LogP contribution in [0, 0.1) is 0 Å². The zero-order valence-electron chi connectivity index (χ0n) is 14.7. The second kappa shape index (κ2) is 10.4. The molecule has 24 heavy (non-hydrogen) atoms. The van der Waals surface area contributed by atoms with Crippen LogP contribution in [-0.2, 0) is 11.2 Å². The van der Waals surface area contributed by atoms with E-state index >= 15 is 0 Å². The lowest BCUT2D eigenvalue weighted by Crippen LogP contribution is -2.40. The number of aliphatic imine (C=N–C) groups is 1. The molecule has 3 N–H and O–H groups in total. The van der Waals surface area contributed by atoms with Gasteiger partial charge in [0.2, 0.25) is 0 Å². The van der Waals surface area contributed by atoms with Crippen molar-refractivity contribution in [3.8, 4) is 0 Å². The molecule has 136 valence electrons. The summed E-state index contributed by atoms with van der Waals surface area (Å²) in [4.78, 5) is 16.9. The zero-order chi connectivity index (χ0) is 18.0. The fourth-order valence-corrected chi connectivity index (χ4v) is 2.90. The molecule has 8 heteroatoms. The Morgan fingerprint density at radius 1 is 1.21 bits per heavy atom. The lowest BCUT2D eigenvalue weighted by Gasteiger charge is -2.19. The highest BCUT2D eigenvalue weighted by molar-refractivity contribution is 7.16. The van der Waals surface area contributed by atoms with E-state index in [1.807, 2.05) is 32.9 Å². The molecule has 1 aromatic rings. The van der Waals surface area contributed by atoms with Gasteiger partial charge in [0.1, 0.15) is 5.60 Å². The molecular weight excluding hydrogens is 348 g/mol. The van der Waals surface area contributed by atoms with E-state index in [0.29, 0.717) is 13.1 Å². The Balaban J connectivity index is 2.10. The second-order valence-corrected chi connectivity index (χ2v) is 7.96. The summed E-state index contributed by atoms with van der Waals surface area (Å²) in [6, 6.07) is 3.94. The molecule has 0 spiro atoms. The highest BCUT2D eigenvalue weighted by Crippen LogP contribution is 2.21. The summed E-state index contributed by atoms with van der Waals surface area (Å²) in [7, 11) is 1.73. The van der Waals surface area contributed by atoms with Crippen molar-refractivity contribution in [3.05, 3.63) is 21.3 Å². The minimum atomic E-state index is -0.471. The molecular formula is C16H27ClN4O2S. The summed E-state index contributed by atoms with van der Waals surface area (Å²) in [5.74, 6) is 0.745. The van der Waals surface area contributed by atoms with E-state index in [-0.39, 0.29) is 6.09 Å². The van der Waals surface area contributed by atoms with Crippen molar-refractivity contribution in [3.63, 3.8) is 0 Å². The normalized spacial score (nSPS) is 12.0. The highest BCUT2D eigenvalue weighted by Gasteiger charge is 2.15. The Labute approximate surface area is 153 Å². The van der Waals surface area contributed by atoms with Crippen molar-refractivity contribution in [2.75, 3.05) is 26.7 Å². The first-order valence-corrected chi connectivity index (χ1v) is 9.15. The average Bonchev–Trinajstić information content (AvgIpc) is 2.88. The van der Waals surface area contributed by atoms with E-state index in [4.69, 9.17) is 16.3 Å².